The molecule has 1 unspecified atom stereocenters. The summed E-state index contributed by atoms with van der Waals surface area (Å²) in [6, 6.07) is 4.64. The van der Waals surface area contributed by atoms with Crippen molar-refractivity contribution in [1.82, 2.24) is 4.57 Å². The van der Waals surface area contributed by atoms with E-state index in [1.54, 1.807) is 6.07 Å². The molecule has 126 valence electrons. The van der Waals surface area contributed by atoms with Gasteiger partial charge in [0, 0.05) is 35.9 Å². The summed E-state index contributed by atoms with van der Waals surface area (Å²) in [5.41, 5.74) is 1.60. The minimum Gasteiger partial charge on any atom is -0.508 e. The Labute approximate surface area is 135 Å². The third-order valence-electron chi connectivity index (χ3n) is 4.16. The number of phenols is 1. The molecule has 0 bridgehead atoms. The number of nitrogens with zero attached hydrogens (tertiary/aromatic N) is 1. The number of rotatable bonds is 3. The van der Waals surface area contributed by atoms with Gasteiger partial charge in [0.15, 0.2) is 9.84 Å². The summed E-state index contributed by atoms with van der Waals surface area (Å²) in [6.45, 7) is 0.688. The number of carbonyl (C=O) groups excluding carboxylic acids is 1. The molecule has 0 aliphatic carbocycles. The molecule has 7 heteroatoms. The number of esters is 1. The summed E-state index contributed by atoms with van der Waals surface area (Å²) in [4.78, 5) is 11.6. The van der Waals surface area contributed by atoms with Gasteiger partial charge in [-0.25, -0.2) is 8.42 Å². The Morgan fingerprint density at radius 2 is 2.09 bits per heavy atom. The molecule has 1 N–H and O–H groups in total. The van der Waals surface area contributed by atoms with Gasteiger partial charge >= 0.3 is 5.97 Å². The van der Waals surface area contributed by atoms with Gasteiger partial charge < -0.3 is 14.4 Å². The van der Waals surface area contributed by atoms with Crippen LogP contribution in [0.1, 0.15) is 31.9 Å². The molecular formula is C16H21NO5S. The van der Waals surface area contributed by atoms with Crippen LogP contribution in [0.3, 0.4) is 0 Å². The maximum atomic E-state index is 11.9. The molecular weight excluding hydrogens is 318 g/mol. The average molecular weight is 339 g/mol. The number of sulfone groups is 1. The van der Waals surface area contributed by atoms with Gasteiger partial charge in [0.05, 0.1) is 23.9 Å². The number of aryl methyl sites for hydroxylation is 1. The zero-order valence-electron chi connectivity index (χ0n) is 12.4. The molecule has 1 aliphatic heterocycles. The zero-order chi connectivity index (χ0) is 16.1. The van der Waals surface area contributed by atoms with E-state index in [1.165, 1.54) is 13.2 Å². The molecule has 2 aromatic rings. The van der Waals surface area contributed by atoms with Gasteiger partial charge in [0.2, 0.25) is 0 Å². The summed E-state index contributed by atoms with van der Waals surface area (Å²) in [6.07, 6.45) is 2.19. The number of fused-ring (bicyclic) bond motifs is 3. The van der Waals surface area contributed by atoms with Crippen molar-refractivity contribution in [3.8, 4) is 5.75 Å². The predicted octanol–water partition coefficient (Wildman–Crippen LogP) is 2.44. The van der Waals surface area contributed by atoms with Crippen LogP contribution < -0.4 is 0 Å². The lowest BCUT2D eigenvalue weighted by Gasteiger charge is -2.06. The molecule has 1 aromatic heterocycles. The van der Waals surface area contributed by atoms with Crippen molar-refractivity contribution >= 4 is 26.7 Å². The lowest BCUT2D eigenvalue weighted by molar-refractivity contribution is -0.141. The van der Waals surface area contributed by atoms with Crippen molar-refractivity contribution < 1.29 is 23.1 Å². The van der Waals surface area contributed by atoms with Crippen molar-refractivity contribution in [2.75, 3.05) is 13.4 Å². The van der Waals surface area contributed by atoms with Gasteiger partial charge in [-0.15, -0.1) is 0 Å². The summed E-state index contributed by atoms with van der Waals surface area (Å²) in [5, 5.41) is 10.4. The fraction of sp³-hybridized carbons (Fsp3) is 0.438. The lowest BCUT2D eigenvalue weighted by Crippen LogP contribution is -2.06. The molecule has 0 saturated carbocycles. The molecule has 0 fully saturated rings. The number of phenolic OH excluding ortho intramolecular Hbond substituents is 1. The van der Waals surface area contributed by atoms with Crippen LogP contribution in [-0.2, 0) is 25.9 Å². The van der Waals surface area contributed by atoms with Crippen molar-refractivity contribution in [2.24, 2.45) is 0 Å². The van der Waals surface area contributed by atoms with Crippen LogP contribution in [0, 0.1) is 0 Å². The Balaban J connectivity index is 0.00000192. The minimum atomic E-state index is -3.45. The van der Waals surface area contributed by atoms with E-state index in [0.29, 0.717) is 17.4 Å². The number of benzene rings is 1. The van der Waals surface area contributed by atoms with E-state index in [0.717, 1.165) is 18.4 Å². The van der Waals surface area contributed by atoms with E-state index in [9.17, 15) is 18.3 Å². The Kier molecular flexibility index (Phi) is 4.43. The molecule has 6 nitrogen and oxygen atoms in total. The van der Waals surface area contributed by atoms with E-state index in [2.05, 4.69) is 0 Å². The fourth-order valence-electron chi connectivity index (χ4n) is 3.15. The highest BCUT2D eigenvalue weighted by molar-refractivity contribution is 7.91. The fourth-order valence-corrected chi connectivity index (χ4v) is 4.05. The first-order valence-electron chi connectivity index (χ1n) is 6.94. The zero-order valence-corrected chi connectivity index (χ0v) is 13.2. The van der Waals surface area contributed by atoms with Crippen LogP contribution in [0.4, 0.5) is 0 Å². The smallest absolute Gasteiger partial charge is 0.306 e. The first-order chi connectivity index (χ1) is 10.3. The van der Waals surface area contributed by atoms with Crippen molar-refractivity contribution in [3.05, 3.63) is 23.9 Å². The topological polar surface area (TPSA) is 85.6 Å². The number of hydrogen-bond donors (Lipinski definition) is 1. The first kappa shape index (κ1) is 17.3. The normalized spacial score (nSPS) is 16.9. The molecule has 0 spiro atoms. The molecule has 1 aromatic carbocycles. The van der Waals surface area contributed by atoms with Crippen LogP contribution in [0.25, 0.3) is 10.9 Å². The van der Waals surface area contributed by atoms with E-state index in [1.807, 2.05) is 10.6 Å². The Bertz CT molecular complexity index is 866. The molecule has 0 saturated heterocycles. The summed E-state index contributed by atoms with van der Waals surface area (Å²) >= 11 is 0. The van der Waals surface area contributed by atoms with Crippen molar-refractivity contribution in [2.45, 2.75) is 37.6 Å². The van der Waals surface area contributed by atoms with Gasteiger partial charge in [0.1, 0.15) is 5.75 Å². The second-order valence-electron chi connectivity index (χ2n) is 5.64. The molecule has 1 atom stereocenters. The number of methoxy groups -OCH3 is 1. The van der Waals surface area contributed by atoms with E-state index in [4.69, 9.17) is 4.74 Å². The van der Waals surface area contributed by atoms with Gasteiger partial charge in [0.25, 0.3) is 0 Å². The third-order valence-corrected chi connectivity index (χ3v) is 5.30. The molecule has 0 radical (unpaired) electrons. The van der Waals surface area contributed by atoms with Crippen molar-refractivity contribution in [1.29, 1.82) is 0 Å². The molecule has 2 heterocycles. The average Bonchev–Trinajstić information content (AvgIpc) is 2.97. The Morgan fingerprint density at radius 1 is 1.39 bits per heavy atom. The Hall–Kier alpha value is -2.02. The van der Waals surface area contributed by atoms with E-state index >= 15 is 0 Å². The standard InChI is InChI=1S/C15H17NO5S.CH4/c1-21-15(18)5-9-3-4-16-12(9)8-11-13(16)6-10(17)7-14(11)22(2,19)20;/h6-9,17H,3-5H2,1-2H3;1H4. The van der Waals surface area contributed by atoms with E-state index in [-0.39, 0.29) is 36.4 Å². The number of aromatic hydroxyl groups is 1. The van der Waals surface area contributed by atoms with Crippen LogP contribution >= 0.6 is 0 Å². The van der Waals surface area contributed by atoms with Crippen LogP contribution in [0.2, 0.25) is 0 Å². The van der Waals surface area contributed by atoms with E-state index < -0.39 is 9.84 Å². The van der Waals surface area contributed by atoms with Gasteiger partial charge in [-0.2, -0.15) is 0 Å². The highest BCUT2D eigenvalue weighted by Crippen LogP contribution is 2.39. The first-order valence-corrected chi connectivity index (χ1v) is 8.83. The summed E-state index contributed by atoms with van der Waals surface area (Å²) in [5.74, 6) is -0.352. The second-order valence-corrected chi connectivity index (χ2v) is 7.62. The van der Waals surface area contributed by atoms with Crippen LogP contribution in [0.5, 0.6) is 5.75 Å². The number of ether oxygens (including phenoxy) is 1. The predicted molar refractivity (Wildman–Crippen MR) is 87.4 cm³/mol. The number of carbonyl (C=O) groups is 1. The highest BCUT2D eigenvalue weighted by Gasteiger charge is 2.29. The SMILES string of the molecule is C.COC(=O)CC1CCn2c1cc1c(S(C)(=O)=O)cc(O)cc12. The molecule has 3 rings (SSSR count). The second kappa shape index (κ2) is 5.88. The highest BCUT2D eigenvalue weighted by atomic mass is 32.2. The molecule has 23 heavy (non-hydrogen) atoms. The maximum Gasteiger partial charge on any atom is 0.306 e. The number of aromatic nitrogens is 1. The Morgan fingerprint density at radius 3 is 2.70 bits per heavy atom. The summed E-state index contributed by atoms with van der Waals surface area (Å²) in [7, 11) is -2.10. The number of hydrogen-bond acceptors (Lipinski definition) is 5. The lowest BCUT2D eigenvalue weighted by atomic mass is 10.0. The molecule has 1 aliphatic rings. The largest absolute Gasteiger partial charge is 0.508 e. The minimum absolute atomic E-state index is 0. The van der Waals surface area contributed by atoms with Gasteiger partial charge in [-0.3, -0.25) is 4.79 Å². The van der Waals surface area contributed by atoms with Crippen LogP contribution in [-0.4, -0.2) is 37.4 Å². The van der Waals surface area contributed by atoms with Crippen LogP contribution in [0.15, 0.2) is 23.1 Å². The third kappa shape index (κ3) is 2.93. The molecule has 0 amide bonds. The quantitative estimate of drug-likeness (QED) is 0.868. The van der Waals surface area contributed by atoms with Gasteiger partial charge in [-0.1, -0.05) is 7.43 Å². The van der Waals surface area contributed by atoms with Crippen molar-refractivity contribution in [3.63, 3.8) is 0 Å². The maximum absolute atomic E-state index is 11.9. The summed E-state index contributed by atoms with van der Waals surface area (Å²) < 4.78 is 30.6. The monoisotopic (exact) mass is 339 g/mol. The van der Waals surface area contributed by atoms with Gasteiger partial charge in [-0.05, 0) is 18.6 Å².